The fourth-order valence-corrected chi connectivity index (χ4v) is 2.33. The molecule has 2 aromatic rings. The molecule has 102 valence electrons. The lowest BCUT2D eigenvalue weighted by Crippen LogP contribution is -2.31. The predicted octanol–water partition coefficient (Wildman–Crippen LogP) is 3.25. The van der Waals surface area contributed by atoms with Crippen molar-refractivity contribution < 1.29 is 4.74 Å². The average Bonchev–Trinajstić information content (AvgIpc) is 3.30. The van der Waals surface area contributed by atoms with E-state index in [4.69, 9.17) is 10.00 Å². The molecule has 1 fully saturated rings. The summed E-state index contributed by atoms with van der Waals surface area (Å²) in [6.45, 7) is 0.561. The van der Waals surface area contributed by atoms with E-state index in [1.807, 2.05) is 24.3 Å². The van der Waals surface area contributed by atoms with Crippen LogP contribution in [-0.4, -0.2) is 18.7 Å². The van der Waals surface area contributed by atoms with Crippen molar-refractivity contribution in [2.45, 2.75) is 31.3 Å². The second-order valence-electron chi connectivity index (χ2n) is 5.24. The highest BCUT2D eigenvalue weighted by molar-refractivity contribution is 5.88. The third-order valence-electron chi connectivity index (χ3n) is 3.58. The van der Waals surface area contributed by atoms with Crippen LogP contribution in [0.1, 0.15) is 19.3 Å². The van der Waals surface area contributed by atoms with Crippen LogP contribution < -0.4 is 10.1 Å². The van der Waals surface area contributed by atoms with Crippen molar-refractivity contribution in [3.8, 4) is 11.8 Å². The standard InChI is InChI=1S/C17H18N2O/c18-12-15(19-14-8-9-14)10-11-20-17-7-3-5-13-4-1-2-6-16(13)17/h1-7,14-15,19H,8-11H2. The van der Waals surface area contributed by atoms with Gasteiger partial charge in [0.2, 0.25) is 0 Å². The summed E-state index contributed by atoms with van der Waals surface area (Å²) >= 11 is 0. The van der Waals surface area contributed by atoms with E-state index >= 15 is 0 Å². The summed E-state index contributed by atoms with van der Waals surface area (Å²) in [6, 6.07) is 17.0. The molecule has 0 heterocycles. The Morgan fingerprint density at radius 2 is 2.00 bits per heavy atom. The minimum atomic E-state index is -0.0996. The van der Waals surface area contributed by atoms with Crippen LogP contribution in [0.5, 0.6) is 5.75 Å². The van der Waals surface area contributed by atoms with Crippen molar-refractivity contribution in [1.82, 2.24) is 5.32 Å². The monoisotopic (exact) mass is 266 g/mol. The Morgan fingerprint density at radius 3 is 2.80 bits per heavy atom. The molecule has 0 aromatic heterocycles. The summed E-state index contributed by atoms with van der Waals surface area (Å²) < 4.78 is 5.86. The van der Waals surface area contributed by atoms with Crippen molar-refractivity contribution in [2.24, 2.45) is 0 Å². The molecule has 0 aliphatic heterocycles. The van der Waals surface area contributed by atoms with Crippen LogP contribution in [0.2, 0.25) is 0 Å². The summed E-state index contributed by atoms with van der Waals surface area (Å²) in [4.78, 5) is 0. The number of fused-ring (bicyclic) bond motifs is 1. The van der Waals surface area contributed by atoms with E-state index in [2.05, 4.69) is 29.6 Å². The molecular formula is C17H18N2O. The van der Waals surface area contributed by atoms with Gasteiger partial charge >= 0.3 is 0 Å². The third kappa shape index (κ3) is 3.09. The van der Waals surface area contributed by atoms with Gasteiger partial charge in [-0.2, -0.15) is 5.26 Å². The first-order valence-corrected chi connectivity index (χ1v) is 7.13. The lowest BCUT2D eigenvalue weighted by atomic mass is 10.1. The molecule has 2 aromatic carbocycles. The molecule has 0 amide bonds. The van der Waals surface area contributed by atoms with Gasteiger partial charge in [-0.3, -0.25) is 5.32 Å². The number of hydrogen-bond donors (Lipinski definition) is 1. The fraction of sp³-hybridized carbons (Fsp3) is 0.353. The largest absolute Gasteiger partial charge is 0.493 e. The number of benzene rings is 2. The fourth-order valence-electron chi connectivity index (χ4n) is 2.33. The van der Waals surface area contributed by atoms with Crippen molar-refractivity contribution in [1.29, 1.82) is 5.26 Å². The van der Waals surface area contributed by atoms with Crippen LogP contribution in [0.25, 0.3) is 10.8 Å². The quantitative estimate of drug-likeness (QED) is 0.873. The zero-order valence-corrected chi connectivity index (χ0v) is 11.4. The Kier molecular flexibility index (Phi) is 3.85. The van der Waals surface area contributed by atoms with E-state index < -0.39 is 0 Å². The van der Waals surface area contributed by atoms with Gasteiger partial charge in [-0.05, 0) is 24.3 Å². The van der Waals surface area contributed by atoms with Gasteiger partial charge in [-0.1, -0.05) is 36.4 Å². The zero-order chi connectivity index (χ0) is 13.8. The van der Waals surface area contributed by atoms with Crippen LogP contribution in [0.3, 0.4) is 0 Å². The van der Waals surface area contributed by atoms with Crippen LogP contribution in [-0.2, 0) is 0 Å². The maximum atomic E-state index is 9.10. The summed E-state index contributed by atoms with van der Waals surface area (Å²) in [7, 11) is 0. The van der Waals surface area contributed by atoms with Gasteiger partial charge < -0.3 is 4.74 Å². The number of rotatable bonds is 6. The van der Waals surface area contributed by atoms with E-state index in [1.54, 1.807) is 0 Å². The molecule has 0 saturated heterocycles. The first-order chi connectivity index (χ1) is 9.86. The van der Waals surface area contributed by atoms with E-state index in [0.29, 0.717) is 12.6 Å². The molecule has 1 unspecified atom stereocenters. The van der Waals surface area contributed by atoms with Gasteiger partial charge in [0, 0.05) is 17.8 Å². The number of hydrogen-bond acceptors (Lipinski definition) is 3. The van der Waals surface area contributed by atoms with Gasteiger partial charge in [-0.25, -0.2) is 0 Å². The Hall–Kier alpha value is -2.05. The topological polar surface area (TPSA) is 45.0 Å². The smallest absolute Gasteiger partial charge is 0.127 e. The second-order valence-corrected chi connectivity index (χ2v) is 5.24. The average molecular weight is 266 g/mol. The third-order valence-corrected chi connectivity index (χ3v) is 3.58. The summed E-state index contributed by atoms with van der Waals surface area (Å²) in [5.41, 5.74) is 0. The first kappa shape index (κ1) is 13.0. The second kappa shape index (κ2) is 5.94. The van der Waals surface area contributed by atoms with Crippen molar-refractivity contribution in [3.63, 3.8) is 0 Å². The molecule has 1 aliphatic carbocycles. The molecule has 0 bridgehead atoms. The van der Waals surface area contributed by atoms with Gasteiger partial charge in [-0.15, -0.1) is 0 Å². The van der Waals surface area contributed by atoms with Gasteiger partial charge in [0.25, 0.3) is 0 Å². The van der Waals surface area contributed by atoms with Crippen LogP contribution in [0, 0.1) is 11.3 Å². The van der Waals surface area contributed by atoms with Crippen molar-refractivity contribution in [3.05, 3.63) is 42.5 Å². The normalized spacial score (nSPS) is 15.8. The van der Waals surface area contributed by atoms with Gasteiger partial charge in [0.15, 0.2) is 0 Å². The Labute approximate surface area is 119 Å². The summed E-state index contributed by atoms with van der Waals surface area (Å²) in [5, 5.41) is 14.7. The molecule has 0 radical (unpaired) electrons. The highest BCUT2D eigenvalue weighted by Crippen LogP contribution is 2.25. The Morgan fingerprint density at radius 1 is 1.20 bits per heavy atom. The molecule has 3 nitrogen and oxygen atoms in total. The summed E-state index contributed by atoms with van der Waals surface area (Å²) in [5.74, 6) is 0.895. The SMILES string of the molecule is N#CC(CCOc1cccc2ccccc12)NC1CC1. The first-order valence-electron chi connectivity index (χ1n) is 7.13. The molecule has 1 atom stereocenters. The highest BCUT2D eigenvalue weighted by atomic mass is 16.5. The van der Waals surface area contributed by atoms with E-state index in [-0.39, 0.29) is 6.04 Å². The Bertz CT molecular complexity index is 623. The molecule has 1 aliphatic rings. The van der Waals surface area contributed by atoms with Gasteiger partial charge in [0.1, 0.15) is 5.75 Å². The van der Waals surface area contributed by atoms with Crippen LogP contribution in [0.4, 0.5) is 0 Å². The summed E-state index contributed by atoms with van der Waals surface area (Å²) in [6.07, 6.45) is 3.11. The molecule has 0 spiro atoms. The minimum Gasteiger partial charge on any atom is -0.493 e. The molecule has 1 N–H and O–H groups in total. The Balaban J connectivity index is 1.60. The highest BCUT2D eigenvalue weighted by Gasteiger charge is 2.24. The maximum absolute atomic E-state index is 9.10. The predicted molar refractivity (Wildman–Crippen MR) is 79.6 cm³/mol. The molecular weight excluding hydrogens is 248 g/mol. The molecule has 3 heteroatoms. The molecule has 3 rings (SSSR count). The maximum Gasteiger partial charge on any atom is 0.127 e. The van der Waals surface area contributed by atoms with Crippen LogP contribution >= 0.6 is 0 Å². The van der Waals surface area contributed by atoms with E-state index in [1.165, 1.54) is 18.2 Å². The number of nitrogens with zero attached hydrogens (tertiary/aromatic N) is 1. The minimum absolute atomic E-state index is 0.0996. The lowest BCUT2D eigenvalue weighted by Gasteiger charge is -2.13. The van der Waals surface area contributed by atoms with Crippen molar-refractivity contribution >= 4 is 10.8 Å². The molecule has 20 heavy (non-hydrogen) atoms. The molecule has 1 saturated carbocycles. The van der Waals surface area contributed by atoms with Gasteiger partial charge in [0.05, 0.1) is 18.7 Å². The van der Waals surface area contributed by atoms with E-state index in [0.717, 1.165) is 17.6 Å². The van der Waals surface area contributed by atoms with Crippen molar-refractivity contribution in [2.75, 3.05) is 6.61 Å². The number of nitrogens with one attached hydrogen (secondary N) is 1. The number of ether oxygens (including phenoxy) is 1. The zero-order valence-electron chi connectivity index (χ0n) is 11.4. The lowest BCUT2D eigenvalue weighted by molar-refractivity contribution is 0.300. The van der Waals surface area contributed by atoms with Crippen LogP contribution in [0.15, 0.2) is 42.5 Å². The van der Waals surface area contributed by atoms with E-state index in [9.17, 15) is 0 Å². The number of nitriles is 1.